The molecule has 0 radical (unpaired) electrons. The fraction of sp³-hybridized carbons (Fsp3) is 0.923. The molecule has 17 heavy (non-hydrogen) atoms. The molecule has 100 valence electrons. The van der Waals surface area contributed by atoms with Gasteiger partial charge in [0.25, 0.3) is 0 Å². The van der Waals surface area contributed by atoms with Gasteiger partial charge in [-0.15, -0.1) is 11.6 Å². The monoisotopic (exact) mass is 261 g/mol. The molecule has 0 aromatic carbocycles. The number of alkyl halides is 1. The van der Waals surface area contributed by atoms with Crippen LogP contribution >= 0.6 is 11.6 Å². The molecule has 1 N–H and O–H groups in total. The summed E-state index contributed by atoms with van der Waals surface area (Å²) in [7, 11) is 0. The van der Waals surface area contributed by atoms with Gasteiger partial charge in [-0.1, -0.05) is 13.8 Å². The maximum absolute atomic E-state index is 11.6. The van der Waals surface area contributed by atoms with E-state index in [2.05, 4.69) is 5.32 Å². The lowest BCUT2D eigenvalue weighted by atomic mass is 9.96. The SMILES string of the molecule is CC(C)(CCl)CNC(=O)CCC1CCCCO1. The summed E-state index contributed by atoms with van der Waals surface area (Å²) in [4.78, 5) is 11.6. The van der Waals surface area contributed by atoms with Crippen LogP contribution in [0.1, 0.15) is 46.0 Å². The molecule has 1 amide bonds. The number of hydrogen-bond donors (Lipinski definition) is 1. The fourth-order valence-corrected chi connectivity index (χ4v) is 1.90. The van der Waals surface area contributed by atoms with Gasteiger partial charge in [-0.3, -0.25) is 4.79 Å². The van der Waals surface area contributed by atoms with Crippen molar-refractivity contribution in [1.82, 2.24) is 5.32 Å². The Morgan fingerprint density at radius 3 is 2.82 bits per heavy atom. The van der Waals surface area contributed by atoms with Crippen LogP contribution in [0.2, 0.25) is 0 Å². The number of rotatable bonds is 6. The molecular weight excluding hydrogens is 238 g/mol. The predicted octanol–water partition coefficient (Wildman–Crippen LogP) is 2.72. The quantitative estimate of drug-likeness (QED) is 0.747. The average Bonchev–Trinajstić information content (AvgIpc) is 2.35. The Hall–Kier alpha value is -0.280. The molecule has 0 aliphatic carbocycles. The number of carbonyl (C=O) groups is 1. The molecule has 0 aromatic rings. The van der Waals surface area contributed by atoms with Crippen molar-refractivity contribution in [3.8, 4) is 0 Å². The summed E-state index contributed by atoms with van der Waals surface area (Å²) >= 11 is 5.80. The summed E-state index contributed by atoms with van der Waals surface area (Å²) in [5.74, 6) is 0.663. The first-order valence-corrected chi connectivity index (χ1v) is 7.01. The summed E-state index contributed by atoms with van der Waals surface area (Å²) in [6, 6.07) is 0. The molecule has 1 unspecified atom stereocenters. The molecule has 0 saturated carbocycles. The molecule has 4 heteroatoms. The minimum absolute atomic E-state index is 0.0292. The molecule has 1 saturated heterocycles. The van der Waals surface area contributed by atoms with E-state index in [1.807, 2.05) is 13.8 Å². The molecule has 1 rings (SSSR count). The first-order chi connectivity index (χ1) is 8.03. The normalized spacial score (nSPS) is 21.2. The van der Waals surface area contributed by atoms with Crippen molar-refractivity contribution in [2.24, 2.45) is 5.41 Å². The van der Waals surface area contributed by atoms with Gasteiger partial charge in [-0.2, -0.15) is 0 Å². The second-order valence-corrected chi connectivity index (χ2v) is 5.87. The van der Waals surface area contributed by atoms with Crippen molar-refractivity contribution in [2.45, 2.75) is 52.1 Å². The van der Waals surface area contributed by atoms with E-state index >= 15 is 0 Å². The highest BCUT2D eigenvalue weighted by Crippen LogP contribution is 2.17. The Morgan fingerprint density at radius 2 is 2.24 bits per heavy atom. The molecule has 1 heterocycles. The van der Waals surface area contributed by atoms with Crippen molar-refractivity contribution in [2.75, 3.05) is 19.0 Å². The Kier molecular flexibility index (Phi) is 6.28. The molecule has 0 bridgehead atoms. The second-order valence-electron chi connectivity index (χ2n) is 5.60. The highest BCUT2D eigenvalue weighted by molar-refractivity contribution is 6.18. The maximum atomic E-state index is 11.6. The number of hydrogen-bond acceptors (Lipinski definition) is 2. The van der Waals surface area contributed by atoms with Gasteiger partial charge >= 0.3 is 0 Å². The summed E-state index contributed by atoms with van der Waals surface area (Å²) in [5, 5.41) is 2.93. The highest BCUT2D eigenvalue weighted by Gasteiger charge is 2.19. The second kappa shape index (κ2) is 7.22. The van der Waals surface area contributed by atoms with Crippen LogP contribution in [0, 0.1) is 5.41 Å². The van der Waals surface area contributed by atoms with Gasteiger partial charge < -0.3 is 10.1 Å². The molecule has 0 spiro atoms. The van der Waals surface area contributed by atoms with Crippen LogP contribution in [0.15, 0.2) is 0 Å². The predicted molar refractivity (Wildman–Crippen MR) is 70.3 cm³/mol. The number of ether oxygens (including phenoxy) is 1. The van der Waals surface area contributed by atoms with Gasteiger partial charge in [0.05, 0.1) is 6.10 Å². The molecule has 3 nitrogen and oxygen atoms in total. The van der Waals surface area contributed by atoms with E-state index in [1.54, 1.807) is 0 Å². The lowest BCUT2D eigenvalue weighted by Crippen LogP contribution is -2.35. The average molecular weight is 262 g/mol. The first kappa shape index (κ1) is 14.8. The highest BCUT2D eigenvalue weighted by atomic mass is 35.5. The van der Waals surface area contributed by atoms with Crippen LogP contribution < -0.4 is 5.32 Å². The molecule has 1 aliphatic heterocycles. The van der Waals surface area contributed by atoms with Gasteiger partial charge in [-0.05, 0) is 31.1 Å². The van der Waals surface area contributed by atoms with Gasteiger partial charge in [0.1, 0.15) is 0 Å². The minimum atomic E-state index is -0.0292. The van der Waals surface area contributed by atoms with Gasteiger partial charge in [-0.25, -0.2) is 0 Å². The van der Waals surface area contributed by atoms with E-state index in [-0.39, 0.29) is 17.4 Å². The summed E-state index contributed by atoms with van der Waals surface area (Å²) < 4.78 is 5.59. The van der Waals surface area contributed by atoms with Crippen LogP contribution in [0.5, 0.6) is 0 Å². The zero-order chi connectivity index (χ0) is 12.7. The Labute approximate surface area is 109 Å². The molecule has 1 atom stereocenters. The smallest absolute Gasteiger partial charge is 0.220 e. The molecule has 1 fully saturated rings. The number of nitrogens with one attached hydrogen (secondary N) is 1. The van der Waals surface area contributed by atoms with Crippen LogP contribution in [0.4, 0.5) is 0 Å². The third-order valence-corrected chi connectivity index (χ3v) is 3.82. The van der Waals surface area contributed by atoms with Crippen LogP contribution in [0.25, 0.3) is 0 Å². The Bertz CT molecular complexity index is 238. The lowest BCUT2D eigenvalue weighted by Gasteiger charge is -2.23. The minimum Gasteiger partial charge on any atom is -0.378 e. The third-order valence-electron chi connectivity index (χ3n) is 3.09. The van der Waals surface area contributed by atoms with Gasteiger partial charge in [0.2, 0.25) is 5.91 Å². The summed E-state index contributed by atoms with van der Waals surface area (Å²) in [6.45, 7) is 5.58. The number of halogens is 1. The first-order valence-electron chi connectivity index (χ1n) is 6.48. The zero-order valence-corrected chi connectivity index (χ0v) is 11.7. The van der Waals surface area contributed by atoms with Crippen molar-refractivity contribution in [3.05, 3.63) is 0 Å². The molecule has 0 aromatic heterocycles. The van der Waals surface area contributed by atoms with Gasteiger partial charge in [0, 0.05) is 25.5 Å². The third kappa shape index (κ3) is 6.27. The standard InChI is InChI=1S/C13H24ClNO2/c1-13(2,9-14)10-15-12(16)7-6-11-5-3-4-8-17-11/h11H,3-10H2,1-2H3,(H,15,16). The van der Waals surface area contributed by atoms with Crippen LogP contribution in [-0.2, 0) is 9.53 Å². The maximum Gasteiger partial charge on any atom is 0.220 e. The van der Waals surface area contributed by atoms with Crippen molar-refractivity contribution in [3.63, 3.8) is 0 Å². The molecule has 1 aliphatic rings. The van der Waals surface area contributed by atoms with E-state index in [0.717, 1.165) is 25.9 Å². The van der Waals surface area contributed by atoms with Crippen LogP contribution in [-0.4, -0.2) is 31.0 Å². The summed E-state index contributed by atoms with van der Waals surface area (Å²) in [6.07, 6.45) is 5.17. The van der Waals surface area contributed by atoms with E-state index < -0.39 is 0 Å². The fourth-order valence-electron chi connectivity index (χ4n) is 1.80. The number of amides is 1. The van der Waals surface area contributed by atoms with Crippen molar-refractivity contribution in [1.29, 1.82) is 0 Å². The topological polar surface area (TPSA) is 38.3 Å². The van der Waals surface area contributed by atoms with E-state index in [0.29, 0.717) is 18.8 Å². The Balaban J connectivity index is 2.12. The molecular formula is C13H24ClNO2. The Morgan fingerprint density at radius 1 is 1.47 bits per heavy atom. The summed E-state index contributed by atoms with van der Waals surface area (Å²) in [5.41, 5.74) is -0.0292. The van der Waals surface area contributed by atoms with Crippen molar-refractivity contribution >= 4 is 17.5 Å². The van der Waals surface area contributed by atoms with Crippen LogP contribution in [0.3, 0.4) is 0 Å². The van der Waals surface area contributed by atoms with Gasteiger partial charge in [0.15, 0.2) is 0 Å². The number of carbonyl (C=O) groups excluding carboxylic acids is 1. The zero-order valence-electron chi connectivity index (χ0n) is 10.9. The largest absolute Gasteiger partial charge is 0.378 e. The van der Waals surface area contributed by atoms with E-state index in [4.69, 9.17) is 16.3 Å². The lowest BCUT2D eigenvalue weighted by molar-refractivity contribution is -0.122. The van der Waals surface area contributed by atoms with E-state index in [9.17, 15) is 4.79 Å². The van der Waals surface area contributed by atoms with Crippen molar-refractivity contribution < 1.29 is 9.53 Å². The van der Waals surface area contributed by atoms with E-state index in [1.165, 1.54) is 6.42 Å².